The minimum Gasteiger partial charge on any atom is -0.376 e. The monoisotopic (exact) mass is 426 g/mol. The molecule has 1 fully saturated rings. The molecule has 152 valence electrons. The lowest BCUT2D eigenvalue weighted by Crippen LogP contribution is -2.38. The van der Waals surface area contributed by atoms with E-state index in [4.69, 9.17) is 9.72 Å². The fourth-order valence-electron chi connectivity index (χ4n) is 3.61. The Balaban J connectivity index is 1.57. The summed E-state index contributed by atoms with van der Waals surface area (Å²) in [6, 6.07) is 12.6. The Morgan fingerprint density at radius 3 is 2.72 bits per heavy atom. The lowest BCUT2D eigenvalue weighted by molar-refractivity contribution is -0.116. The molecule has 0 N–H and O–H groups in total. The van der Waals surface area contributed by atoms with Crippen LogP contribution < -0.4 is 4.90 Å². The first kappa shape index (κ1) is 20.4. The van der Waals surface area contributed by atoms with Gasteiger partial charge in [0, 0.05) is 11.5 Å². The third-order valence-corrected chi connectivity index (χ3v) is 7.17. The molecule has 1 unspecified atom stereocenters. The topological polar surface area (TPSA) is 42.4 Å². The number of rotatable bonds is 6. The summed E-state index contributed by atoms with van der Waals surface area (Å²) in [5.74, 6) is 0.475. The number of ether oxygens (including phenoxy) is 1. The largest absolute Gasteiger partial charge is 0.376 e. The van der Waals surface area contributed by atoms with Crippen molar-refractivity contribution >= 4 is 44.4 Å². The molecule has 0 spiro atoms. The summed E-state index contributed by atoms with van der Waals surface area (Å²) in [5, 5.41) is 0.777. The van der Waals surface area contributed by atoms with Crippen LogP contribution in [0.15, 0.2) is 41.3 Å². The average Bonchev–Trinajstić information content (AvgIpc) is 3.35. The van der Waals surface area contributed by atoms with Crippen LogP contribution in [0.3, 0.4) is 0 Å². The maximum absolute atomic E-state index is 13.2. The predicted molar refractivity (Wildman–Crippen MR) is 122 cm³/mol. The molecule has 1 aliphatic heterocycles. The number of nitrogens with zero attached hydrogens (tertiary/aromatic N) is 2. The summed E-state index contributed by atoms with van der Waals surface area (Å²) in [6.45, 7) is 7.60. The van der Waals surface area contributed by atoms with Gasteiger partial charge in [-0.2, -0.15) is 0 Å². The Morgan fingerprint density at radius 2 is 2.00 bits per heavy atom. The van der Waals surface area contributed by atoms with E-state index in [0.29, 0.717) is 12.3 Å². The van der Waals surface area contributed by atoms with Gasteiger partial charge in [-0.3, -0.25) is 9.69 Å². The van der Waals surface area contributed by atoms with Gasteiger partial charge in [-0.05, 0) is 62.9 Å². The van der Waals surface area contributed by atoms with E-state index in [0.717, 1.165) is 45.3 Å². The summed E-state index contributed by atoms with van der Waals surface area (Å²) in [5.41, 5.74) is 4.59. The Morgan fingerprint density at radius 1 is 1.21 bits per heavy atom. The molecule has 2 aromatic carbocycles. The van der Waals surface area contributed by atoms with Crippen molar-refractivity contribution in [1.29, 1.82) is 0 Å². The molecule has 0 aliphatic carbocycles. The molecular weight excluding hydrogens is 400 g/mol. The molecule has 1 saturated heterocycles. The van der Waals surface area contributed by atoms with E-state index >= 15 is 0 Å². The number of anilines is 1. The first-order chi connectivity index (χ1) is 14.0. The van der Waals surface area contributed by atoms with Crippen LogP contribution in [0.2, 0.25) is 0 Å². The SMILES string of the molecule is Cc1ccc(SCC(=O)N(CC2CCCO2)c2nc3c(C)cc(C)cc3s2)cc1. The zero-order valence-electron chi connectivity index (χ0n) is 17.1. The predicted octanol–water partition coefficient (Wildman–Crippen LogP) is 5.53. The molecule has 2 heterocycles. The van der Waals surface area contributed by atoms with E-state index in [-0.39, 0.29) is 12.0 Å². The van der Waals surface area contributed by atoms with Gasteiger partial charge in [-0.25, -0.2) is 4.98 Å². The van der Waals surface area contributed by atoms with Gasteiger partial charge < -0.3 is 4.74 Å². The first-order valence-electron chi connectivity index (χ1n) is 9.99. The van der Waals surface area contributed by atoms with Crippen molar-refractivity contribution in [3.63, 3.8) is 0 Å². The van der Waals surface area contributed by atoms with Crippen molar-refractivity contribution in [2.24, 2.45) is 0 Å². The molecule has 6 heteroatoms. The van der Waals surface area contributed by atoms with Gasteiger partial charge in [0.25, 0.3) is 0 Å². The highest BCUT2D eigenvalue weighted by atomic mass is 32.2. The van der Waals surface area contributed by atoms with Crippen LogP contribution >= 0.6 is 23.1 Å². The van der Waals surface area contributed by atoms with Gasteiger partial charge in [-0.1, -0.05) is 35.1 Å². The highest BCUT2D eigenvalue weighted by Gasteiger charge is 2.26. The number of thioether (sulfide) groups is 1. The molecule has 3 aromatic rings. The number of aromatic nitrogens is 1. The molecule has 1 aromatic heterocycles. The summed E-state index contributed by atoms with van der Waals surface area (Å²) in [6.07, 6.45) is 2.15. The van der Waals surface area contributed by atoms with Crippen molar-refractivity contribution in [3.05, 3.63) is 53.1 Å². The van der Waals surface area contributed by atoms with Gasteiger partial charge in [0.15, 0.2) is 5.13 Å². The standard InChI is InChI=1S/C23H26N2O2S2/c1-15-6-8-19(9-7-15)28-14-21(26)25(13-18-5-4-10-27-18)23-24-22-17(3)11-16(2)12-20(22)29-23/h6-9,11-12,18H,4-5,10,13-14H2,1-3H3. The van der Waals surface area contributed by atoms with Gasteiger partial charge >= 0.3 is 0 Å². The number of carbonyl (C=O) groups excluding carboxylic acids is 1. The van der Waals surface area contributed by atoms with Crippen LogP contribution in [0.5, 0.6) is 0 Å². The molecule has 1 atom stereocenters. The molecule has 0 bridgehead atoms. The Labute approximate surface area is 180 Å². The Kier molecular flexibility index (Phi) is 6.23. The molecule has 4 nitrogen and oxygen atoms in total. The fourth-order valence-corrected chi connectivity index (χ4v) is 5.55. The minimum atomic E-state index is 0.0829. The number of fused-ring (bicyclic) bond motifs is 1. The third-order valence-electron chi connectivity index (χ3n) is 5.14. The molecule has 1 amide bonds. The maximum Gasteiger partial charge on any atom is 0.239 e. The van der Waals surface area contributed by atoms with Crippen molar-refractivity contribution in [3.8, 4) is 0 Å². The maximum atomic E-state index is 13.2. The van der Waals surface area contributed by atoms with Crippen LogP contribution in [0.1, 0.15) is 29.5 Å². The average molecular weight is 427 g/mol. The van der Waals surface area contributed by atoms with Crippen molar-refractivity contribution < 1.29 is 9.53 Å². The van der Waals surface area contributed by atoms with Gasteiger partial charge in [0.05, 0.1) is 28.6 Å². The highest BCUT2D eigenvalue weighted by Crippen LogP contribution is 2.33. The van der Waals surface area contributed by atoms with Gasteiger partial charge in [0.1, 0.15) is 0 Å². The lowest BCUT2D eigenvalue weighted by atomic mass is 10.1. The Bertz CT molecular complexity index is 1010. The van der Waals surface area contributed by atoms with E-state index < -0.39 is 0 Å². The van der Waals surface area contributed by atoms with Crippen molar-refractivity contribution in [2.75, 3.05) is 23.8 Å². The van der Waals surface area contributed by atoms with E-state index in [1.54, 1.807) is 23.1 Å². The summed E-state index contributed by atoms with van der Waals surface area (Å²) in [4.78, 5) is 21.0. The summed E-state index contributed by atoms with van der Waals surface area (Å²) in [7, 11) is 0. The van der Waals surface area contributed by atoms with Crippen molar-refractivity contribution in [1.82, 2.24) is 4.98 Å². The summed E-state index contributed by atoms with van der Waals surface area (Å²) >= 11 is 3.17. The number of carbonyl (C=O) groups is 1. The molecule has 0 saturated carbocycles. The molecule has 29 heavy (non-hydrogen) atoms. The Hall–Kier alpha value is -1.89. The van der Waals surface area contributed by atoms with Crippen LogP contribution in [-0.4, -0.2) is 35.9 Å². The fraction of sp³-hybridized carbons (Fsp3) is 0.391. The zero-order chi connectivity index (χ0) is 20.4. The quantitative estimate of drug-likeness (QED) is 0.486. The highest BCUT2D eigenvalue weighted by molar-refractivity contribution is 8.00. The van der Waals surface area contributed by atoms with E-state index in [1.165, 1.54) is 11.1 Å². The number of hydrogen-bond acceptors (Lipinski definition) is 5. The smallest absolute Gasteiger partial charge is 0.239 e. The van der Waals surface area contributed by atoms with E-state index in [2.05, 4.69) is 57.2 Å². The zero-order valence-corrected chi connectivity index (χ0v) is 18.7. The number of aryl methyl sites for hydroxylation is 3. The third kappa shape index (κ3) is 4.82. The van der Waals surface area contributed by atoms with Crippen LogP contribution in [0.4, 0.5) is 5.13 Å². The number of benzene rings is 2. The minimum absolute atomic E-state index is 0.0829. The van der Waals surface area contributed by atoms with Gasteiger partial charge in [0.2, 0.25) is 5.91 Å². The molecule has 1 aliphatic rings. The second kappa shape index (κ2) is 8.86. The second-order valence-corrected chi connectivity index (χ2v) is 9.72. The molecule has 4 rings (SSSR count). The van der Waals surface area contributed by atoms with Crippen LogP contribution in [-0.2, 0) is 9.53 Å². The van der Waals surface area contributed by atoms with Crippen molar-refractivity contribution in [2.45, 2.75) is 44.6 Å². The summed E-state index contributed by atoms with van der Waals surface area (Å²) < 4.78 is 6.96. The van der Waals surface area contributed by atoms with Crippen LogP contribution in [0, 0.1) is 20.8 Å². The van der Waals surface area contributed by atoms with E-state index in [9.17, 15) is 4.79 Å². The van der Waals surface area contributed by atoms with Crippen LogP contribution in [0.25, 0.3) is 10.2 Å². The number of thiazole rings is 1. The first-order valence-corrected chi connectivity index (χ1v) is 11.8. The molecular formula is C23H26N2O2S2. The lowest BCUT2D eigenvalue weighted by Gasteiger charge is -2.23. The molecule has 0 radical (unpaired) electrons. The number of hydrogen-bond donors (Lipinski definition) is 0. The normalized spacial score (nSPS) is 16.4. The van der Waals surface area contributed by atoms with E-state index in [1.807, 2.05) is 4.90 Å². The number of amides is 1. The second-order valence-electron chi connectivity index (χ2n) is 7.67. The van der Waals surface area contributed by atoms with Gasteiger partial charge in [-0.15, -0.1) is 11.8 Å².